The van der Waals surface area contributed by atoms with Crippen LogP contribution in [0.3, 0.4) is 0 Å². The van der Waals surface area contributed by atoms with Gasteiger partial charge in [0.2, 0.25) is 0 Å². The molecule has 0 spiro atoms. The van der Waals surface area contributed by atoms with Gasteiger partial charge < -0.3 is 5.73 Å². The summed E-state index contributed by atoms with van der Waals surface area (Å²) in [5, 5.41) is 10.1. The number of amidine groups is 1. The van der Waals surface area contributed by atoms with Crippen LogP contribution in [0.5, 0.6) is 0 Å². The molecule has 0 radical (unpaired) electrons. The minimum atomic E-state index is 0.493. The first-order valence-corrected chi connectivity index (χ1v) is 20.0. The average Bonchev–Trinajstić information content (AvgIpc) is 3.61. The van der Waals surface area contributed by atoms with Crippen molar-refractivity contribution < 1.29 is 0 Å². The monoisotopic (exact) mass is 738 g/mol. The molecule has 10 aromatic rings. The summed E-state index contributed by atoms with van der Waals surface area (Å²) in [6, 6.07) is 72.1. The van der Waals surface area contributed by atoms with Gasteiger partial charge in [-0.25, -0.2) is 4.99 Å². The smallest absolute Gasteiger partial charge is 0.131 e. The SMILES string of the molecule is NC(=N/C(=C\Cc1ccc2c(c1)-c1cccc3cccc-2c13)c1ccc(-c2c3ccccc3c(-c3ccccc3)c3ccc4ccccc4c23)cc1)c1ccccc1. The van der Waals surface area contributed by atoms with Crippen molar-refractivity contribution >= 4 is 54.6 Å². The Morgan fingerprint density at radius 2 is 1.03 bits per heavy atom. The van der Waals surface area contributed by atoms with Gasteiger partial charge in [-0.2, -0.15) is 0 Å². The van der Waals surface area contributed by atoms with E-state index in [1.807, 2.05) is 30.3 Å². The lowest BCUT2D eigenvalue weighted by molar-refractivity contribution is 1.26. The Kier molecular flexibility index (Phi) is 8.08. The van der Waals surface area contributed by atoms with Crippen molar-refractivity contribution in [3.05, 3.63) is 223 Å². The summed E-state index contributed by atoms with van der Waals surface area (Å²) in [5.74, 6) is 0.493. The second kappa shape index (κ2) is 13.9. The number of allylic oxidation sites excluding steroid dienone is 1. The highest BCUT2D eigenvalue weighted by Crippen LogP contribution is 2.48. The Morgan fingerprint density at radius 3 is 1.79 bits per heavy atom. The third-order valence-corrected chi connectivity index (χ3v) is 11.9. The van der Waals surface area contributed by atoms with Crippen LogP contribution in [-0.2, 0) is 6.42 Å². The number of hydrogen-bond acceptors (Lipinski definition) is 1. The van der Waals surface area contributed by atoms with Gasteiger partial charge in [0.25, 0.3) is 0 Å². The van der Waals surface area contributed by atoms with Crippen molar-refractivity contribution in [2.75, 3.05) is 0 Å². The zero-order valence-corrected chi connectivity index (χ0v) is 31.9. The molecule has 10 aromatic carbocycles. The van der Waals surface area contributed by atoms with E-state index in [4.69, 9.17) is 10.7 Å². The molecule has 0 unspecified atom stereocenters. The van der Waals surface area contributed by atoms with Gasteiger partial charge in [-0.05, 0) is 105 Å². The maximum atomic E-state index is 6.74. The van der Waals surface area contributed by atoms with E-state index in [9.17, 15) is 0 Å². The van der Waals surface area contributed by atoms with Crippen LogP contribution in [0, 0.1) is 0 Å². The summed E-state index contributed by atoms with van der Waals surface area (Å²) in [6.45, 7) is 0. The third kappa shape index (κ3) is 5.61. The molecule has 2 nitrogen and oxygen atoms in total. The molecule has 0 aliphatic heterocycles. The minimum absolute atomic E-state index is 0.493. The number of benzene rings is 10. The van der Waals surface area contributed by atoms with E-state index in [2.05, 4.69) is 176 Å². The number of hydrogen-bond donors (Lipinski definition) is 1. The van der Waals surface area contributed by atoms with Gasteiger partial charge >= 0.3 is 0 Å². The lowest BCUT2D eigenvalue weighted by Crippen LogP contribution is -2.13. The Balaban J connectivity index is 1.05. The van der Waals surface area contributed by atoms with Crippen LogP contribution in [-0.4, -0.2) is 5.84 Å². The molecule has 0 heterocycles. The number of nitrogens with two attached hydrogens (primary N) is 1. The summed E-state index contributed by atoms with van der Waals surface area (Å²) >= 11 is 0. The molecule has 58 heavy (non-hydrogen) atoms. The van der Waals surface area contributed by atoms with E-state index >= 15 is 0 Å². The van der Waals surface area contributed by atoms with E-state index in [1.54, 1.807) is 0 Å². The molecule has 1 aliphatic rings. The summed E-state index contributed by atoms with van der Waals surface area (Å²) in [7, 11) is 0. The molecule has 2 heteroatoms. The second-order valence-electron chi connectivity index (χ2n) is 15.2. The lowest BCUT2D eigenvalue weighted by atomic mass is 9.84. The first-order valence-electron chi connectivity index (χ1n) is 20.0. The number of nitrogens with zero attached hydrogens (tertiary/aromatic N) is 1. The Morgan fingerprint density at radius 1 is 0.414 bits per heavy atom. The maximum Gasteiger partial charge on any atom is 0.131 e. The molecule has 0 atom stereocenters. The number of fused-ring (bicyclic) bond motifs is 7. The highest BCUT2D eigenvalue weighted by Gasteiger charge is 2.22. The predicted molar refractivity (Wildman–Crippen MR) is 247 cm³/mol. The van der Waals surface area contributed by atoms with Gasteiger partial charge in [0.15, 0.2) is 0 Å². The molecule has 0 aromatic heterocycles. The number of aliphatic imine (C=N–C) groups is 1. The van der Waals surface area contributed by atoms with Gasteiger partial charge in [-0.3, -0.25) is 0 Å². The van der Waals surface area contributed by atoms with Gasteiger partial charge in [-0.1, -0.05) is 206 Å². The quantitative estimate of drug-likeness (QED) is 0.0752. The van der Waals surface area contributed by atoms with Crippen LogP contribution in [0.15, 0.2) is 211 Å². The fraction of sp³-hybridized carbons (Fsp3) is 0.0179. The fourth-order valence-corrected chi connectivity index (χ4v) is 9.18. The molecule has 0 saturated carbocycles. The van der Waals surface area contributed by atoms with Crippen LogP contribution >= 0.6 is 0 Å². The van der Waals surface area contributed by atoms with E-state index in [0.717, 1.165) is 22.4 Å². The standard InChI is InChI=1S/C56H38N2/c57-56(42-16-5-2-6-17-42)58-51(34-26-36-25-32-44-45-23-11-18-40-19-12-24-48(52(40)45)50(44)35-36)38-27-29-41(30-28-38)54-47-22-10-9-21-46(47)53(39-14-3-1-4-15-39)49-33-31-37-13-7-8-20-43(37)55(49)54/h1-25,27-35H,26H2,(H2,57,58)/b51-34-. The zero-order valence-electron chi connectivity index (χ0n) is 31.9. The van der Waals surface area contributed by atoms with Crippen molar-refractivity contribution in [2.45, 2.75) is 6.42 Å². The van der Waals surface area contributed by atoms with Crippen molar-refractivity contribution in [2.24, 2.45) is 10.7 Å². The summed E-state index contributed by atoms with van der Waals surface area (Å²) in [4.78, 5) is 5.11. The lowest BCUT2D eigenvalue weighted by Gasteiger charge is -2.19. The van der Waals surface area contributed by atoms with Crippen molar-refractivity contribution in [3.63, 3.8) is 0 Å². The molecule has 2 N–H and O–H groups in total. The van der Waals surface area contributed by atoms with E-state index in [0.29, 0.717) is 12.3 Å². The van der Waals surface area contributed by atoms with E-state index in [-0.39, 0.29) is 0 Å². The van der Waals surface area contributed by atoms with Gasteiger partial charge in [0, 0.05) is 5.56 Å². The molecule has 11 rings (SSSR count). The molecule has 272 valence electrons. The number of rotatable bonds is 7. The summed E-state index contributed by atoms with van der Waals surface area (Å²) in [5.41, 5.74) is 20.8. The Bertz CT molecular complexity index is 3280. The molecule has 0 bridgehead atoms. The first-order chi connectivity index (χ1) is 28.7. The fourth-order valence-electron chi connectivity index (χ4n) is 9.18. The van der Waals surface area contributed by atoms with Gasteiger partial charge in [-0.15, -0.1) is 0 Å². The largest absolute Gasteiger partial charge is 0.383 e. The average molecular weight is 739 g/mol. The maximum absolute atomic E-state index is 6.74. The first kappa shape index (κ1) is 33.8. The van der Waals surface area contributed by atoms with Crippen LogP contribution < -0.4 is 5.73 Å². The minimum Gasteiger partial charge on any atom is -0.383 e. The van der Waals surface area contributed by atoms with Crippen LogP contribution in [0.25, 0.3) is 93.3 Å². The molecule has 1 aliphatic carbocycles. The van der Waals surface area contributed by atoms with E-state index in [1.165, 1.54) is 87.6 Å². The highest BCUT2D eigenvalue weighted by atomic mass is 14.9. The molecular weight excluding hydrogens is 701 g/mol. The molecule has 0 amide bonds. The van der Waals surface area contributed by atoms with Crippen LogP contribution in [0.1, 0.15) is 16.7 Å². The molecule has 0 fully saturated rings. The zero-order chi connectivity index (χ0) is 38.6. The van der Waals surface area contributed by atoms with Crippen LogP contribution in [0.4, 0.5) is 0 Å². The van der Waals surface area contributed by atoms with Gasteiger partial charge in [0.05, 0.1) is 5.70 Å². The van der Waals surface area contributed by atoms with Crippen molar-refractivity contribution in [3.8, 4) is 44.5 Å². The summed E-state index contributed by atoms with van der Waals surface area (Å²) in [6.07, 6.45) is 2.94. The topological polar surface area (TPSA) is 38.4 Å². The van der Waals surface area contributed by atoms with Crippen molar-refractivity contribution in [1.82, 2.24) is 0 Å². The predicted octanol–water partition coefficient (Wildman–Crippen LogP) is 14.3. The normalized spacial score (nSPS) is 12.5. The van der Waals surface area contributed by atoms with Gasteiger partial charge in [0.1, 0.15) is 5.84 Å². The van der Waals surface area contributed by atoms with Crippen LogP contribution in [0.2, 0.25) is 0 Å². The molecule has 0 saturated heterocycles. The van der Waals surface area contributed by atoms with Crippen molar-refractivity contribution in [1.29, 1.82) is 0 Å². The third-order valence-electron chi connectivity index (χ3n) is 11.9. The molecular formula is C56H38N2. The Hall–Kier alpha value is -7.55. The highest BCUT2D eigenvalue weighted by molar-refractivity contribution is 6.28. The van der Waals surface area contributed by atoms with E-state index < -0.39 is 0 Å². The second-order valence-corrected chi connectivity index (χ2v) is 15.2. The summed E-state index contributed by atoms with van der Waals surface area (Å²) < 4.78 is 0. The Labute approximate surface area is 337 Å².